The van der Waals surface area contributed by atoms with Crippen molar-refractivity contribution in [3.05, 3.63) is 30.1 Å². The second kappa shape index (κ2) is 7.35. The van der Waals surface area contributed by atoms with E-state index in [0.717, 1.165) is 44.7 Å². The smallest absolute Gasteiger partial charge is 0.276 e. The highest BCUT2D eigenvalue weighted by atomic mass is 16.2. The Balaban J connectivity index is 1.37. The summed E-state index contributed by atoms with van der Waals surface area (Å²) < 4.78 is 3.91. The van der Waals surface area contributed by atoms with Crippen LogP contribution in [0.1, 0.15) is 48.3 Å². The van der Waals surface area contributed by atoms with E-state index in [1.54, 1.807) is 10.9 Å². The lowest BCUT2D eigenvalue weighted by Gasteiger charge is -2.23. The maximum atomic E-state index is 12.8. The number of nitrogens with one attached hydrogen (secondary N) is 1. The van der Waals surface area contributed by atoms with E-state index in [1.807, 2.05) is 17.4 Å². The number of nitrogens with zero attached hydrogens (tertiary/aromatic N) is 6. The topological polar surface area (TPSA) is 80.9 Å². The minimum atomic E-state index is -0.0447. The Morgan fingerprint density at radius 3 is 3.12 bits per heavy atom. The number of amides is 1. The molecule has 2 aromatic rings. The van der Waals surface area contributed by atoms with Gasteiger partial charge in [0, 0.05) is 31.9 Å². The van der Waals surface area contributed by atoms with E-state index >= 15 is 0 Å². The van der Waals surface area contributed by atoms with Crippen molar-refractivity contribution in [3.63, 3.8) is 0 Å². The second-order valence-electron chi connectivity index (χ2n) is 6.96. The van der Waals surface area contributed by atoms with Crippen LogP contribution in [0, 0.1) is 0 Å². The fourth-order valence-corrected chi connectivity index (χ4v) is 3.69. The molecule has 1 unspecified atom stereocenters. The number of imidazole rings is 1. The Morgan fingerprint density at radius 2 is 2.24 bits per heavy atom. The van der Waals surface area contributed by atoms with E-state index in [9.17, 15) is 4.79 Å². The lowest BCUT2D eigenvalue weighted by atomic mass is 10.0. The van der Waals surface area contributed by atoms with Gasteiger partial charge in [-0.05, 0) is 32.2 Å². The zero-order chi connectivity index (χ0) is 17.1. The van der Waals surface area contributed by atoms with Crippen LogP contribution < -0.4 is 5.32 Å². The molecule has 8 heteroatoms. The van der Waals surface area contributed by atoms with Gasteiger partial charge in [-0.2, -0.15) is 0 Å². The fourth-order valence-electron chi connectivity index (χ4n) is 3.69. The zero-order valence-electron chi connectivity index (χ0n) is 14.5. The number of hydrogen-bond donors (Lipinski definition) is 1. The summed E-state index contributed by atoms with van der Waals surface area (Å²) in [5, 5.41) is 11.8. The molecule has 0 bridgehead atoms. The molecule has 134 valence electrons. The highest BCUT2D eigenvalue weighted by molar-refractivity contribution is 5.91. The van der Waals surface area contributed by atoms with E-state index in [2.05, 4.69) is 25.2 Å². The Bertz CT molecular complexity index is 716. The normalized spacial score (nSPS) is 21.0. The molecule has 0 radical (unpaired) electrons. The van der Waals surface area contributed by atoms with E-state index in [-0.39, 0.29) is 5.91 Å². The molecular weight excluding hydrogens is 318 g/mol. The van der Waals surface area contributed by atoms with Crippen molar-refractivity contribution in [3.8, 4) is 0 Å². The summed E-state index contributed by atoms with van der Waals surface area (Å²) >= 11 is 0. The van der Waals surface area contributed by atoms with Crippen LogP contribution in [-0.4, -0.2) is 54.5 Å². The van der Waals surface area contributed by atoms with Crippen molar-refractivity contribution >= 4 is 5.91 Å². The fraction of sp³-hybridized carbons (Fsp3) is 0.647. The predicted octanol–water partition coefficient (Wildman–Crippen LogP) is 1.05. The highest BCUT2D eigenvalue weighted by Crippen LogP contribution is 2.14. The number of aromatic nitrogens is 5. The van der Waals surface area contributed by atoms with Gasteiger partial charge in [0.2, 0.25) is 0 Å². The summed E-state index contributed by atoms with van der Waals surface area (Å²) in [5.41, 5.74) is 1.51. The minimum Gasteiger partial charge on any atom is -0.333 e. The third-order valence-corrected chi connectivity index (χ3v) is 5.14. The molecule has 4 heterocycles. The Morgan fingerprint density at radius 1 is 1.28 bits per heavy atom. The molecule has 0 aromatic carbocycles. The number of hydrogen-bond acceptors (Lipinski definition) is 5. The van der Waals surface area contributed by atoms with Crippen molar-refractivity contribution in [2.75, 3.05) is 13.1 Å². The van der Waals surface area contributed by atoms with Crippen LogP contribution in [0.15, 0.2) is 18.7 Å². The van der Waals surface area contributed by atoms with Gasteiger partial charge in [0.25, 0.3) is 5.91 Å². The van der Waals surface area contributed by atoms with Crippen LogP contribution >= 0.6 is 0 Å². The molecule has 2 aliphatic heterocycles. The van der Waals surface area contributed by atoms with Gasteiger partial charge in [-0.25, -0.2) is 4.98 Å². The third-order valence-electron chi connectivity index (χ3n) is 5.14. The molecule has 2 aromatic heterocycles. The summed E-state index contributed by atoms with van der Waals surface area (Å²) in [6, 6.07) is 0.558. The number of carbonyl (C=O) groups is 1. The van der Waals surface area contributed by atoms with Crippen molar-refractivity contribution < 1.29 is 4.79 Å². The molecule has 1 atom stereocenters. The van der Waals surface area contributed by atoms with Crippen LogP contribution in [0.25, 0.3) is 0 Å². The predicted molar refractivity (Wildman–Crippen MR) is 91.9 cm³/mol. The lowest BCUT2D eigenvalue weighted by Crippen LogP contribution is -2.34. The van der Waals surface area contributed by atoms with Crippen LogP contribution in [0.2, 0.25) is 0 Å². The number of piperidine rings is 1. The molecule has 8 nitrogen and oxygen atoms in total. The first-order chi connectivity index (χ1) is 12.3. The summed E-state index contributed by atoms with van der Waals surface area (Å²) in [4.78, 5) is 18.8. The average molecular weight is 343 g/mol. The average Bonchev–Trinajstić information content (AvgIpc) is 3.25. The highest BCUT2D eigenvalue weighted by Gasteiger charge is 2.23. The largest absolute Gasteiger partial charge is 0.333 e. The SMILES string of the molecule is O=C(c1cn(CCC2CCCCN2)nn1)N1CCCn2cncc2C1. The first-order valence-corrected chi connectivity index (χ1v) is 9.21. The van der Waals surface area contributed by atoms with Gasteiger partial charge in [0.1, 0.15) is 0 Å². The quantitative estimate of drug-likeness (QED) is 0.897. The van der Waals surface area contributed by atoms with Crippen molar-refractivity contribution in [1.82, 2.24) is 34.8 Å². The molecule has 25 heavy (non-hydrogen) atoms. The third kappa shape index (κ3) is 3.73. The maximum Gasteiger partial charge on any atom is 0.276 e. The van der Waals surface area contributed by atoms with Gasteiger partial charge in [-0.3, -0.25) is 9.48 Å². The Labute approximate surface area is 147 Å². The number of carbonyl (C=O) groups excluding carboxylic acids is 1. The first kappa shape index (κ1) is 16.3. The van der Waals surface area contributed by atoms with E-state index < -0.39 is 0 Å². The van der Waals surface area contributed by atoms with Gasteiger partial charge >= 0.3 is 0 Å². The van der Waals surface area contributed by atoms with Crippen LogP contribution in [-0.2, 0) is 19.6 Å². The van der Waals surface area contributed by atoms with Crippen molar-refractivity contribution in [2.24, 2.45) is 0 Å². The lowest BCUT2D eigenvalue weighted by molar-refractivity contribution is 0.0739. The minimum absolute atomic E-state index is 0.0447. The van der Waals surface area contributed by atoms with Crippen LogP contribution in [0.3, 0.4) is 0 Å². The van der Waals surface area contributed by atoms with Gasteiger partial charge in [0.05, 0.1) is 24.8 Å². The first-order valence-electron chi connectivity index (χ1n) is 9.21. The Kier molecular flexibility index (Phi) is 4.78. The Hall–Kier alpha value is -2.22. The molecule has 0 saturated carbocycles. The zero-order valence-corrected chi connectivity index (χ0v) is 14.5. The van der Waals surface area contributed by atoms with E-state index in [4.69, 9.17) is 0 Å². The molecule has 2 aliphatic rings. The number of fused-ring (bicyclic) bond motifs is 1. The maximum absolute atomic E-state index is 12.8. The molecule has 1 amide bonds. The summed E-state index contributed by atoms with van der Waals surface area (Å²) in [5.74, 6) is -0.0447. The standard InChI is InChI=1S/C17H25N7O/c25-17(22-7-3-8-23-13-18-10-15(23)11-22)16-12-24(21-20-16)9-5-14-4-1-2-6-19-14/h10,12-14,19H,1-9,11H2. The summed E-state index contributed by atoms with van der Waals surface area (Å²) in [6.07, 6.45) is 11.2. The summed E-state index contributed by atoms with van der Waals surface area (Å²) in [6.45, 7) is 4.12. The molecule has 1 N–H and O–H groups in total. The molecule has 4 rings (SSSR count). The van der Waals surface area contributed by atoms with Gasteiger partial charge < -0.3 is 14.8 Å². The number of rotatable bonds is 4. The van der Waals surface area contributed by atoms with Crippen LogP contribution in [0.4, 0.5) is 0 Å². The molecular formula is C17H25N7O. The number of aryl methyl sites for hydroxylation is 2. The van der Waals surface area contributed by atoms with Gasteiger partial charge in [-0.15, -0.1) is 5.10 Å². The van der Waals surface area contributed by atoms with E-state index in [1.165, 1.54) is 19.3 Å². The monoisotopic (exact) mass is 343 g/mol. The van der Waals surface area contributed by atoms with Gasteiger partial charge in [-0.1, -0.05) is 11.6 Å². The molecule has 0 spiro atoms. The van der Waals surface area contributed by atoms with Crippen LogP contribution in [0.5, 0.6) is 0 Å². The second-order valence-corrected chi connectivity index (χ2v) is 6.96. The molecule has 0 aliphatic carbocycles. The molecule has 1 saturated heterocycles. The van der Waals surface area contributed by atoms with E-state index in [0.29, 0.717) is 18.3 Å². The van der Waals surface area contributed by atoms with Crippen molar-refractivity contribution in [2.45, 2.75) is 57.8 Å². The van der Waals surface area contributed by atoms with Crippen molar-refractivity contribution in [1.29, 1.82) is 0 Å². The van der Waals surface area contributed by atoms with Gasteiger partial charge in [0.15, 0.2) is 5.69 Å². The molecule has 1 fully saturated rings. The summed E-state index contributed by atoms with van der Waals surface area (Å²) in [7, 11) is 0.